The van der Waals surface area contributed by atoms with Gasteiger partial charge in [0.15, 0.2) is 0 Å². The number of pyridine rings is 1. The van der Waals surface area contributed by atoms with E-state index in [4.69, 9.17) is 11.6 Å². The Hall–Kier alpha value is -0.600. The van der Waals surface area contributed by atoms with Crippen LogP contribution >= 0.6 is 11.6 Å². The lowest BCUT2D eigenvalue weighted by Gasteiger charge is -2.06. The van der Waals surface area contributed by atoms with E-state index in [1.807, 2.05) is 18.2 Å². The van der Waals surface area contributed by atoms with Gasteiger partial charge in [-0.05, 0) is 57.3 Å². The Bertz CT molecular complexity index is 394. The van der Waals surface area contributed by atoms with Crippen molar-refractivity contribution in [2.75, 3.05) is 13.6 Å². The third-order valence-electron chi connectivity index (χ3n) is 4.11. The van der Waals surface area contributed by atoms with E-state index in [1.165, 1.54) is 38.6 Å². The van der Waals surface area contributed by atoms with Crippen LogP contribution in [0.3, 0.4) is 0 Å². The molecule has 0 aromatic carbocycles. The lowest BCUT2D eigenvalue weighted by atomic mass is 10.1. The molecule has 106 valence electrons. The minimum atomic E-state index is 0.601. The first-order chi connectivity index (χ1) is 9.20. The lowest BCUT2D eigenvalue weighted by molar-refractivity contribution is 0.369. The van der Waals surface area contributed by atoms with E-state index in [1.54, 1.807) is 0 Å². The topological polar surface area (TPSA) is 16.1 Å². The number of hydrogen-bond acceptors (Lipinski definition) is 2. The van der Waals surface area contributed by atoms with Gasteiger partial charge in [-0.15, -0.1) is 0 Å². The Morgan fingerprint density at radius 2 is 2.21 bits per heavy atom. The maximum absolute atomic E-state index is 5.75. The van der Waals surface area contributed by atoms with E-state index in [9.17, 15) is 0 Å². The molecule has 1 aromatic rings. The number of piperidine rings is 1. The molecule has 2 aliphatic rings. The third-order valence-corrected chi connectivity index (χ3v) is 4.32. The Morgan fingerprint density at radius 3 is 2.68 bits per heavy atom. The summed E-state index contributed by atoms with van der Waals surface area (Å²) in [5.41, 5.74) is 1.11. The van der Waals surface area contributed by atoms with E-state index in [-0.39, 0.29) is 0 Å². The largest absolute Gasteiger partial charge is 0.303 e. The number of likely N-dealkylation sites (tertiary alicyclic amines) is 1. The fourth-order valence-electron chi connectivity index (χ4n) is 2.76. The molecule has 1 aliphatic carbocycles. The maximum Gasteiger partial charge on any atom is 0.129 e. The van der Waals surface area contributed by atoms with Crippen molar-refractivity contribution in [3.05, 3.63) is 29.0 Å². The molecule has 2 unspecified atom stereocenters. The summed E-state index contributed by atoms with van der Waals surface area (Å²) < 4.78 is 0. The van der Waals surface area contributed by atoms with Crippen molar-refractivity contribution >= 4 is 11.6 Å². The van der Waals surface area contributed by atoms with Gasteiger partial charge < -0.3 is 4.90 Å². The Balaban J connectivity index is 0.000000159. The number of aryl methyl sites for hydroxylation is 1. The SMILES string of the molecule is CCCCCc1cccc(Cl)n1.CN1CCC2CC21. The number of rotatable bonds is 4. The molecule has 2 fully saturated rings. The Kier molecular flexibility index (Phi) is 5.65. The van der Waals surface area contributed by atoms with E-state index in [0.29, 0.717) is 5.15 Å². The van der Waals surface area contributed by atoms with Crippen LogP contribution in [0.15, 0.2) is 18.2 Å². The van der Waals surface area contributed by atoms with E-state index < -0.39 is 0 Å². The van der Waals surface area contributed by atoms with E-state index in [0.717, 1.165) is 24.1 Å². The molecule has 0 bridgehead atoms. The fraction of sp³-hybridized carbons (Fsp3) is 0.688. The van der Waals surface area contributed by atoms with Crippen molar-refractivity contribution in [2.45, 2.75) is 51.5 Å². The molecule has 2 heterocycles. The minimum absolute atomic E-state index is 0.601. The van der Waals surface area contributed by atoms with Gasteiger partial charge in [0, 0.05) is 11.7 Å². The van der Waals surface area contributed by atoms with Crippen molar-refractivity contribution in [1.29, 1.82) is 0 Å². The standard InChI is InChI=1S/C10H14ClN.C6H11N/c1-2-3-4-6-9-7-5-8-10(11)12-9;1-7-3-2-5-4-6(5)7/h5,7-8H,2-4,6H2,1H3;5-6H,2-4H2,1H3. The van der Waals surface area contributed by atoms with Crippen LogP contribution in [0.5, 0.6) is 0 Å². The second-order valence-electron chi connectivity index (χ2n) is 5.74. The summed E-state index contributed by atoms with van der Waals surface area (Å²) in [5, 5.41) is 0.601. The van der Waals surface area contributed by atoms with Crippen LogP contribution < -0.4 is 0 Å². The number of halogens is 1. The molecule has 1 saturated carbocycles. The van der Waals surface area contributed by atoms with Gasteiger partial charge in [-0.25, -0.2) is 4.98 Å². The summed E-state index contributed by atoms with van der Waals surface area (Å²) in [5.74, 6) is 1.12. The highest BCUT2D eigenvalue weighted by Crippen LogP contribution is 2.42. The molecule has 0 spiro atoms. The van der Waals surface area contributed by atoms with Crippen LogP contribution in [0.25, 0.3) is 0 Å². The minimum Gasteiger partial charge on any atom is -0.303 e. The van der Waals surface area contributed by atoms with Gasteiger partial charge in [0.2, 0.25) is 0 Å². The quantitative estimate of drug-likeness (QED) is 0.608. The van der Waals surface area contributed by atoms with Crippen molar-refractivity contribution < 1.29 is 0 Å². The molecule has 0 radical (unpaired) electrons. The van der Waals surface area contributed by atoms with Crippen molar-refractivity contribution in [3.63, 3.8) is 0 Å². The summed E-state index contributed by atoms with van der Waals surface area (Å²) >= 11 is 5.75. The zero-order valence-corrected chi connectivity index (χ0v) is 12.9. The summed E-state index contributed by atoms with van der Waals surface area (Å²) in [6.07, 6.45) is 7.75. The molecule has 1 aromatic heterocycles. The predicted octanol–water partition coefficient (Wildman–Crippen LogP) is 4.18. The van der Waals surface area contributed by atoms with Gasteiger partial charge in [-0.3, -0.25) is 0 Å². The zero-order chi connectivity index (χ0) is 13.7. The molecule has 0 N–H and O–H groups in total. The molecule has 2 nitrogen and oxygen atoms in total. The first-order valence-electron chi connectivity index (χ1n) is 7.52. The number of nitrogens with zero attached hydrogens (tertiary/aromatic N) is 2. The maximum atomic E-state index is 5.75. The van der Waals surface area contributed by atoms with Crippen molar-refractivity contribution in [2.24, 2.45) is 5.92 Å². The van der Waals surface area contributed by atoms with Gasteiger partial charge in [-0.1, -0.05) is 37.4 Å². The lowest BCUT2D eigenvalue weighted by Crippen LogP contribution is -2.16. The predicted molar refractivity (Wildman–Crippen MR) is 81.6 cm³/mol. The van der Waals surface area contributed by atoms with E-state index >= 15 is 0 Å². The molecule has 19 heavy (non-hydrogen) atoms. The summed E-state index contributed by atoms with van der Waals surface area (Å²) in [6.45, 7) is 3.56. The van der Waals surface area contributed by atoms with Crippen LogP contribution in [0, 0.1) is 5.92 Å². The molecule has 1 saturated heterocycles. The van der Waals surface area contributed by atoms with Crippen molar-refractivity contribution in [1.82, 2.24) is 9.88 Å². The summed E-state index contributed by atoms with van der Waals surface area (Å²) in [7, 11) is 2.23. The van der Waals surface area contributed by atoms with Gasteiger partial charge in [-0.2, -0.15) is 0 Å². The molecular formula is C16H25ClN2. The average Bonchev–Trinajstić information content (AvgIpc) is 3.10. The second-order valence-corrected chi connectivity index (χ2v) is 6.13. The second kappa shape index (κ2) is 7.25. The monoisotopic (exact) mass is 280 g/mol. The molecule has 3 rings (SSSR count). The fourth-order valence-corrected chi connectivity index (χ4v) is 2.94. The van der Waals surface area contributed by atoms with Crippen molar-refractivity contribution in [3.8, 4) is 0 Å². The highest BCUT2D eigenvalue weighted by Gasteiger charge is 2.44. The van der Waals surface area contributed by atoms with Crippen LogP contribution in [0.1, 0.15) is 44.7 Å². The molecule has 2 atom stereocenters. The van der Waals surface area contributed by atoms with Gasteiger partial charge in [0.25, 0.3) is 0 Å². The molecule has 3 heteroatoms. The number of hydrogen-bond donors (Lipinski definition) is 0. The normalized spacial score (nSPS) is 24.6. The average molecular weight is 281 g/mol. The first kappa shape index (κ1) is 14.8. The highest BCUT2D eigenvalue weighted by atomic mass is 35.5. The van der Waals surface area contributed by atoms with Gasteiger partial charge in [0.1, 0.15) is 5.15 Å². The van der Waals surface area contributed by atoms with Crippen LogP contribution in [-0.2, 0) is 6.42 Å². The molecule has 1 aliphatic heterocycles. The van der Waals surface area contributed by atoms with Gasteiger partial charge >= 0.3 is 0 Å². The number of unbranched alkanes of at least 4 members (excludes halogenated alkanes) is 2. The van der Waals surface area contributed by atoms with Gasteiger partial charge in [0.05, 0.1) is 0 Å². The van der Waals surface area contributed by atoms with Crippen LogP contribution in [0.4, 0.5) is 0 Å². The van der Waals surface area contributed by atoms with Crippen LogP contribution in [0.2, 0.25) is 5.15 Å². The Labute approximate surface area is 122 Å². The molecular weight excluding hydrogens is 256 g/mol. The highest BCUT2D eigenvalue weighted by molar-refractivity contribution is 6.29. The Morgan fingerprint density at radius 1 is 1.37 bits per heavy atom. The smallest absolute Gasteiger partial charge is 0.129 e. The summed E-state index contributed by atoms with van der Waals surface area (Å²) in [6, 6.07) is 6.81. The first-order valence-corrected chi connectivity index (χ1v) is 7.90. The van der Waals surface area contributed by atoms with E-state index in [2.05, 4.69) is 23.9 Å². The number of aromatic nitrogens is 1. The number of fused-ring (bicyclic) bond motifs is 1. The zero-order valence-electron chi connectivity index (χ0n) is 12.1. The van der Waals surface area contributed by atoms with Crippen LogP contribution in [-0.4, -0.2) is 29.5 Å². The summed E-state index contributed by atoms with van der Waals surface area (Å²) in [4.78, 5) is 6.69. The third kappa shape index (κ3) is 4.77. The molecule has 0 amide bonds.